The standard InChI is InChI=1S/C7H8FNO/c1-5(10)7-3-2-6(8)4-9-7/h2-5,10H,1H3/t5-/m1/s1. The van der Waals surface area contributed by atoms with Crippen LogP contribution >= 0.6 is 0 Å². The van der Waals surface area contributed by atoms with Crippen LogP contribution in [0.3, 0.4) is 0 Å². The Morgan fingerprint density at radius 3 is 2.70 bits per heavy atom. The lowest BCUT2D eigenvalue weighted by Gasteiger charge is -2.00. The summed E-state index contributed by atoms with van der Waals surface area (Å²) in [6, 6.07) is 2.73. The van der Waals surface area contributed by atoms with Crippen LogP contribution in [0, 0.1) is 5.82 Å². The molecule has 0 radical (unpaired) electrons. The molecule has 2 nitrogen and oxygen atoms in total. The monoisotopic (exact) mass is 141 g/mol. The highest BCUT2D eigenvalue weighted by atomic mass is 19.1. The van der Waals surface area contributed by atoms with E-state index in [-0.39, 0.29) is 5.82 Å². The van der Waals surface area contributed by atoms with Gasteiger partial charge in [-0.2, -0.15) is 0 Å². The lowest BCUT2D eigenvalue weighted by Crippen LogP contribution is -1.94. The maximum Gasteiger partial charge on any atom is 0.141 e. The van der Waals surface area contributed by atoms with Gasteiger partial charge >= 0.3 is 0 Å². The minimum atomic E-state index is -0.624. The zero-order valence-corrected chi connectivity index (χ0v) is 5.58. The lowest BCUT2D eigenvalue weighted by molar-refractivity contribution is 0.194. The highest BCUT2D eigenvalue weighted by Gasteiger charge is 2.00. The van der Waals surface area contributed by atoms with E-state index in [0.29, 0.717) is 5.69 Å². The van der Waals surface area contributed by atoms with E-state index in [0.717, 1.165) is 6.20 Å². The van der Waals surface area contributed by atoms with Crippen molar-refractivity contribution in [2.75, 3.05) is 0 Å². The van der Waals surface area contributed by atoms with Crippen LogP contribution in [-0.2, 0) is 0 Å². The van der Waals surface area contributed by atoms with E-state index in [1.807, 2.05) is 0 Å². The van der Waals surface area contributed by atoms with Gasteiger partial charge in [-0.3, -0.25) is 4.98 Å². The number of aliphatic hydroxyl groups is 1. The number of aromatic nitrogens is 1. The van der Waals surface area contributed by atoms with Crippen LogP contribution in [0.2, 0.25) is 0 Å². The van der Waals surface area contributed by atoms with Crippen LogP contribution in [0.4, 0.5) is 4.39 Å². The molecule has 10 heavy (non-hydrogen) atoms. The first-order valence-electron chi connectivity index (χ1n) is 2.99. The van der Waals surface area contributed by atoms with Gasteiger partial charge < -0.3 is 5.11 Å². The highest BCUT2D eigenvalue weighted by Crippen LogP contribution is 2.07. The number of hydrogen-bond donors (Lipinski definition) is 1. The maximum absolute atomic E-state index is 12.2. The first kappa shape index (κ1) is 7.15. The van der Waals surface area contributed by atoms with Gasteiger partial charge in [-0.05, 0) is 19.1 Å². The summed E-state index contributed by atoms with van der Waals surface area (Å²) in [5, 5.41) is 8.93. The molecule has 0 aliphatic carbocycles. The minimum absolute atomic E-state index is 0.385. The molecule has 1 atom stereocenters. The first-order valence-corrected chi connectivity index (χ1v) is 2.99. The van der Waals surface area contributed by atoms with Gasteiger partial charge in [0.15, 0.2) is 0 Å². The third-order valence-corrected chi connectivity index (χ3v) is 1.18. The number of rotatable bonds is 1. The van der Waals surface area contributed by atoms with Crippen molar-refractivity contribution in [1.29, 1.82) is 0 Å². The van der Waals surface area contributed by atoms with Crippen molar-refractivity contribution < 1.29 is 9.50 Å². The molecule has 0 aromatic carbocycles. The molecule has 0 unspecified atom stereocenters. The summed E-state index contributed by atoms with van der Waals surface area (Å²) < 4.78 is 12.2. The van der Waals surface area contributed by atoms with Crippen LogP contribution in [0.25, 0.3) is 0 Å². The van der Waals surface area contributed by atoms with Gasteiger partial charge in [0, 0.05) is 0 Å². The molecule has 1 heterocycles. The Balaban J connectivity index is 2.89. The fraction of sp³-hybridized carbons (Fsp3) is 0.286. The third-order valence-electron chi connectivity index (χ3n) is 1.18. The molecule has 1 aromatic heterocycles. The smallest absolute Gasteiger partial charge is 0.141 e. The van der Waals surface area contributed by atoms with Crippen molar-refractivity contribution in [2.24, 2.45) is 0 Å². The molecule has 0 saturated heterocycles. The summed E-state index contributed by atoms with van der Waals surface area (Å²) in [7, 11) is 0. The summed E-state index contributed by atoms with van der Waals surface area (Å²) in [6.45, 7) is 1.58. The summed E-state index contributed by atoms with van der Waals surface area (Å²) in [5.41, 5.74) is 0.487. The Morgan fingerprint density at radius 2 is 2.30 bits per heavy atom. The van der Waals surface area contributed by atoms with Crippen molar-refractivity contribution >= 4 is 0 Å². The SMILES string of the molecule is C[C@@H](O)c1ccc(F)cn1. The van der Waals surface area contributed by atoms with E-state index in [9.17, 15) is 4.39 Å². The zero-order valence-electron chi connectivity index (χ0n) is 5.58. The second kappa shape index (κ2) is 2.75. The molecule has 0 aliphatic rings. The molecular weight excluding hydrogens is 133 g/mol. The average molecular weight is 141 g/mol. The second-order valence-corrected chi connectivity index (χ2v) is 2.08. The molecule has 0 aliphatic heterocycles. The molecule has 0 amide bonds. The first-order chi connectivity index (χ1) is 4.70. The van der Waals surface area contributed by atoms with E-state index in [1.54, 1.807) is 6.92 Å². The molecule has 1 N–H and O–H groups in total. The summed E-state index contributed by atoms with van der Waals surface area (Å²) >= 11 is 0. The molecular formula is C7H8FNO. The maximum atomic E-state index is 12.2. The fourth-order valence-corrected chi connectivity index (χ4v) is 0.634. The summed E-state index contributed by atoms with van der Waals surface area (Å²) in [4.78, 5) is 3.65. The van der Waals surface area contributed by atoms with E-state index in [2.05, 4.69) is 4.98 Å². The van der Waals surface area contributed by atoms with E-state index < -0.39 is 6.10 Å². The Kier molecular flexibility index (Phi) is 1.97. The summed E-state index contributed by atoms with van der Waals surface area (Å²) in [6.07, 6.45) is 0.461. The molecule has 1 aromatic rings. The van der Waals surface area contributed by atoms with E-state index in [4.69, 9.17) is 5.11 Å². The second-order valence-electron chi connectivity index (χ2n) is 2.08. The van der Waals surface area contributed by atoms with Gasteiger partial charge in [0.2, 0.25) is 0 Å². The largest absolute Gasteiger partial charge is 0.387 e. The number of aliphatic hydroxyl groups excluding tert-OH is 1. The molecule has 0 fully saturated rings. The topological polar surface area (TPSA) is 33.1 Å². The van der Waals surface area contributed by atoms with Crippen molar-refractivity contribution in [3.63, 3.8) is 0 Å². The van der Waals surface area contributed by atoms with Gasteiger partial charge in [-0.25, -0.2) is 4.39 Å². The van der Waals surface area contributed by atoms with Crippen molar-refractivity contribution in [3.8, 4) is 0 Å². The highest BCUT2D eigenvalue weighted by molar-refractivity contribution is 5.06. The number of pyridine rings is 1. The van der Waals surface area contributed by atoms with Crippen LogP contribution in [0.15, 0.2) is 18.3 Å². The van der Waals surface area contributed by atoms with Gasteiger partial charge in [0.05, 0.1) is 18.0 Å². The van der Waals surface area contributed by atoms with E-state index in [1.165, 1.54) is 12.1 Å². The molecule has 0 bridgehead atoms. The van der Waals surface area contributed by atoms with Gasteiger partial charge in [-0.1, -0.05) is 0 Å². The number of hydrogen-bond acceptors (Lipinski definition) is 2. The van der Waals surface area contributed by atoms with Gasteiger partial charge in [0.1, 0.15) is 5.82 Å². The van der Waals surface area contributed by atoms with Crippen LogP contribution < -0.4 is 0 Å². The fourth-order valence-electron chi connectivity index (χ4n) is 0.634. The lowest BCUT2D eigenvalue weighted by atomic mass is 10.2. The Labute approximate surface area is 58.3 Å². The molecule has 0 saturated carbocycles. The minimum Gasteiger partial charge on any atom is -0.387 e. The Hall–Kier alpha value is -0.960. The van der Waals surface area contributed by atoms with E-state index >= 15 is 0 Å². The van der Waals surface area contributed by atoms with Crippen molar-refractivity contribution in [1.82, 2.24) is 4.98 Å². The zero-order chi connectivity index (χ0) is 7.56. The van der Waals surface area contributed by atoms with Crippen molar-refractivity contribution in [3.05, 3.63) is 29.8 Å². The third kappa shape index (κ3) is 1.51. The average Bonchev–Trinajstić information content (AvgIpc) is 1.88. The van der Waals surface area contributed by atoms with Crippen molar-refractivity contribution in [2.45, 2.75) is 13.0 Å². The van der Waals surface area contributed by atoms with Crippen LogP contribution in [-0.4, -0.2) is 10.1 Å². The Morgan fingerprint density at radius 1 is 1.60 bits per heavy atom. The molecule has 1 rings (SSSR count). The number of halogens is 1. The molecule has 54 valence electrons. The predicted octanol–water partition coefficient (Wildman–Crippen LogP) is 1.27. The normalized spacial score (nSPS) is 13.1. The van der Waals surface area contributed by atoms with Gasteiger partial charge in [-0.15, -0.1) is 0 Å². The number of nitrogens with zero attached hydrogens (tertiary/aromatic N) is 1. The Bertz CT molecular complexity index is 207. The van der Waals surface area contributed by atoms with Gasteiger partial charge in [0.25, 0.3) is 0 Å². The molecule has 3 heteroatoms. The summed E-state index contributed by atoms with van der Waals surface area (Å²) in [5.74, 6) is -0.385. The quantitative estimate of drug-likeness (QED) is 0.639. The van der Waals surface area contributed by atoms with Crippen LogP contribution in [0.1, 0.15) is 18.7 Å². The van der Waals surface area contributed by atoms with Crippen LogP contribution in [0.5, 0.6) is 0 Å². The predicted molar refractivity (Wildman–Crippen MR) is 34.8 cm³/mol. The molecule has 0 spiro atoms.